The summed E-state index contributed by atoms with van der Waals surface area (Å²) >= 11 is 0. The van der Waals surface area contributed by atoms with Crippen molar-refractivity contribution in [2.75, 3.05) is 39.6 Å². The molecule has 0 aliphatic heterocycles. The normalized spacial score (nSPS) is 14.3. The zero-order chi connectivity index (χ0) is 71.6. The van der Waals surface area contributed by atoms with Gasteiger partial charge in [0.25, 0.3) is 0 Å². The van der Waals surface area contributed by atoms with Crippen LogP contribution in [0.1, 0.15) is 402 Å². The molecular weight excluding hydrogens is 1270 g/mol. The van der Waals surface area contributed by atoms with Gasteiger partial charge in [0.2, 0.25) is 0 Å². The van der Waals surface area contributed by atoms with Crippen molar-refractivity contribution < 1.29 is 80.2 Å². The highest BCUT2D eigenvalue weighted by atomic mass is 31.2. The average molecular weight is 1420 g/mol. The van der Waals surface area contributed by atoms with Gasteiger partial charge in [0.1, 0.15) is 19.3 Å². The molecule has 0 bridgehead atoms. The molecule has 0 aliphatic carbocycles. The Balaban J connectivity index is 5.23. The summed E-state index contributed by atoms with van der Waals surface area (Å²) in [5, 5.41) is 10.6. The number of aliphatic hydroxyl groups is 1. The Morgan fingerprint density at radius 2 is 0.526 bits per heavy atom. The monoisotopic (exact) mass is 1420 g/mol. The van der Waals surface area contributed by atoms with Crippen LogP contribution in [0.2, 0.25) is 0 Å². The van der Waals surface area contributed by atoms with Gasteiger partial charge in [-0.05, 0) is 43.4 Å². The standard InChI is InChI=1S/C78H152O17P2/c1-8-10-11-12-13-14-15-16-19-23-26-32-37-45-52-59-75(80)88-65-73(94-77(82)61-54-47-38-33-27-24-21-18-17-20-22-25-30-35-42-49-56-69(3)4)67-92-96(84,85)90-63-72(79)64-91-97(86,87)93-68-74(66-89-76(81)60-53-46-41-40-43-50-57-70(5)6)95-78(83)62-55-48-39-34-29-28-31-36-44-51-58-71(7)9-2/h69-74,79H,8-68H2,1-7H3,(H,84,85)(H,86,87)/t71?,72-,73-,74-/m1/s1. The maximum absolute atomic E-state index is 13.1. The second-order valence-electron chi connectivity index (χ2n) is 29.3. The second kappa shape index (κ2) is 68.5. The zero-order valence-corrected chi connectivity index (χ0v) is 65.3. The van der Waals surface area contributed by atoms with Gasteiger partial charge in [0.15, 0.2) is 12.2 Å². The third-order valence-electron chi connectivity index (χ3n) is 18.5. The molecule has 576 valence electrons. The molecule has 0 aliphatic rings. The minimum atomic E-state index is -4.96. The number of carbonyl (C=O) groups excluding carboxylic acids is 4. The number of unbranched alkanes of at least 4 members (excludes halogenated alkanes) is 43. The van der Waals surface area contributed by atoms with Gasteiger partial charge < -0.3 is 33.8 Å². The van der Waals surface area contributed by atoms with Crippen LogP contribution < -0.4 is 0 Å². The van der Waals surface area contributed by atoms with Crippen LogP contribution in [0.3, 0.4) is 0 Å². The Morgan fingerprint density at radius 3 is 0.784 bits per heavy atom. The lowest BCUT2D eigenvalue weighted by molar-refractivity contribution is -0.161. The van der Waals surface area contributed by atoms with Gasteiger partial charge in [-0.1, -0.05) is 350 Å². The molecule has 0 saturated carbocycles. The minimum absolute atomic E-state index is 0.105. The fourth-order valence-corrected chi connectivity index (χ4v) is 13.5. The van der Waals surface area contributed by atoms with E-state index in [1.807, 2.05) is 0 Å². The van der Waals surface area contributed by atoms with Crippen molar-refractivity contribution in [2.45, 2.75) is 420 Å². The smallest absolute Gasteiger partial charge is 0.462 e. The molecule has 6 atom stereocenters. The molecule has 0 fully saturated rings. The molecule has 17 nitrogen and oxygen atoms in total. The Bertz CT molecular complexity index is 1890. The van der Waals surface area contributed by atoms with Gasteiger partial charge in [0, 0.05) is 25.7 Å². The number of hydrogen-bond acceptors (Lipinski definition) is 15. The maximum atomic E-state index is 13.1. The van der Waals surface area contributed by atoms with Gasteiger partial charge in [-0.3, -0.25) is 37.3 Å². The van der Waals surface area contributed by atoms with E-state index in [0.717, 1.165) is 108 Å². The fraction of sp³-hybridized carbons (Fsp3) is 0.949. The third kappa shape index (κ3) is 70.9. The van der Waals surface area contributed by atoms with Gasteiger partial charge in [-0.25, -0.2) is 9.13 Å². The predicted octanol–water partition coefficient (Wildman–Crippen LogP) is 23.0. The zero-order valence-electron chi connectivity index (χ0n) is 63.5. The topological polar surface area (TPSA) is 237 Å². The number of aliphatic hydroxyl groups excluding tert-OH is 1. The molecule has 0 spiro atoms. The SMILES string of the molecule is CCCCCCCCCCCCCCCCCC(=O)OC[C@H](COP(=O)(O)OC[C@@H](O)COP(=O)(O)OC[C@@H](COC(=O)CCCCCCCCC(C)C)OC(=O)CCCCCCCCCCCCC(C)CC)OC(=O)CCCCCCCCCCCCCCCCCCC(C)C. The molecule has 0 saturated heterocycles. The molecule has 3 N–H and O–H groups in total. The van der Waals surface area contributed by atoms with Crippen molar-refractivity contribution >= 4 is 39.5 Å². The summed E-state index contributed by atoms with van der Waals surface area (Å²) in [6.07, 6.45) is 55.6. The van der Waals surface area contributed by atoms with E-state index in [0.29, 0.717) is 31.6 Å². The lowest BCUT2D eigenvalue weighted by atomic mass is 9.99. The van der Waals surface area contributed by atoms with E-state index in [-0.39, 0.29) is 25.7 Å². The van der Waals surface area contributed by atoms with Crippen molar-refractivity contribution in [3.8, 4) is 0 Å². The first-order valence-electron chi connectivity index (χ1n) is 40.4. The Morgan fingerprint density at radius 1 is 0.299 bits per heavy atom. The van der Waals surface area contributed by atoms with E-state index in [1.54, 1.807) is 0 Å². The highest BCUT2D eigenvalue weighted by molar-refractivity contribution is 7.47. The van der Waals surface area contributed by atoms with E-state index < -0.39 is 97.5 Å². The predicted molar refractivity (Wildman–Crippen MR) is 395 cm³/mol. The van der Waals surface area contributed by atoms with Crippen LogP contribution in [0.15, 0.2) is 0 Å². The molecule has 0 aromatic carbocycles. The lowest BCUT2D eigenvalue weighted by Gasteiger charge is -2.21. The van der Waals surface area contributed by atoms with Crippen LogP contribution in [0.5, 0.6) is 0 Å². The molecule has 97 heavy (non-hydrogen) atoms. The van der Waals surface area contributed by atoms with Crippen molar-refractivity contribution in [2.24, 2.45) is 17.8 Å². The van der Waals surface area contributed by atoms with Crippen LogP contribution >= 0.6 is 15.6 Å². The van der Waals surface area contributed by atoms with E-state index in [9.17, 15) is 43.2 Å². The minimum Gasteiger partial charge on any atom is -0.462 e. The Labute approximate surface area is 594 Å². The summed E-state index contributed by atoms with van der Waals surface area (Å²) in [7, 11) is -9.91. The van der Waals surface area contributed by atoms with Gasteiger partial charge in [-0.15, -0.1) is 0 Å². The molecule has 0 heterocycles. The third-order valence-corrected chi connectivity index (χ3v) is 20.4. The molecular formula is C78H152O17P2. The number of esters is 4. The highest BCUT2D eigenvalue weighted by Gasteiger charge is 2.30. The van der Waals surface area contributed by atoms with Crippen LogP contribution in [0, 0.1) is 17.8 Å². The first-order chi connectivity index (χ1) is 46.8. The number of carbonyl (C=O) groups is 4. The summed E-state index contributed by atoms with van der Waals surface area (Å²) in [5.74, 6) is 0.175. The summed E-state index contributed by atoms with van der Waals surface area (Å²) < 4.78 is 68.6. The molecule has 0 rings (SSSR count). The lowest BCUT2D eigenvalue weighted by Crippen LogP contribution is -2.30. The van der Waals surface area contributed by atoms with E-state index in [4.69, 9.17) is 37.0 Å². The number of phosphoric ester groups is 2. The summed E-state index contributed by atoms with van der Waals surface area (Å²) in [5.41, 5.74) is 0. The highest BCUT2D eigenvalue weighted by Crippen LogP contribution is 2.45. The number of phosphoric acid groups is 2. The molecule has 0 aromatic rings. The van der Waals surface area contributed by atoms with Crippen molar-refractivity contribution in [3.63, 3.8) is 0 Å². The molecule has 0 amide bonds. The molecule has 0 radical (unpaired) electrons. The van der Waals surface area contributed by atoms with E-state index in [2.05, 4.69) is 48.5 Å². The van der Waals surface area contributed by atoms with Crippen molar-refractivity contribution in [3.05, 3.63) is 0 Å². The average Bonchev–Trinajstić information content (AvgIpc) is 1.13. The van der Waals surface area contributed by atoms with Gasteiger partial charge in [-0.2, -0.15) is 0 Å². The number of hydrogen-bond donors (Lipinski definition) is 3. The van der Waals surface area contributed by atoms with Crippen LogP contribution in [-0.2, 0) is 65.4 Å². The van der Waals surface area contributed by atoms with E-state index in [1.165, 1.54) is 205 Å². The largest absolute Gasteiger partial charge is 0.472 e. The summed E-state index contributed by atoms with van der Waals surface area (Å²) in [6.45, 7) is 11.9. The quantitative estimate of drug-likeness (QED) is 0.0222. The van der Waals surface area contributed by atoms with Crippen LogP contribution in [0.4, 0.5) is 0 Å². The van der Waals surface area contributed by atoms with Crippen LogP contribution in [-0.4, -0.2) is 96.7 Å². The van der Waals surface area contributed by atoms with Crippen molar-refractivity contribution in [1.29, 1.82) is 0 Å². The Hall–Kier alpha value is -1.94. The Kier molecular flexibility index (Phi) is 67.1. The molecule has 19 heteroatoms. The summed E-state index contributed by atoms with van der Waals surface area (Å²) in [6, 6.07) is 0. The van der Waals surface area contributed by atoms with Gasteiger partial charge >= 0.3 is 39.5 Å². The number of ether oxygens (including phenoxy) is 4. The van der Waals surface area contributed by atoms with Crippen LogP contribution in [0.25, 0.3) is 0 Å². The maximum Gasteiger partial charge on any atom is 0.472 e. The summed E-state index contributed by atoms with van der Waals surface area (Å²) in [4.78, 5) is 72.9. The fourth-order valence-electron chi connectivity index (χ4n) is 11.9. The molecule has 0 aromatic heterocycles. The van der Waals surface area contributed by atoms with E-state index >= 15 is 0 Å². The molecule has 3 unspecified atom stereocenters. The first-order valence-corrected chi connectivity index (χ1v) is 43.4. The second-order valence-corrected chi connectivity index (χ2v) is 32.2. The van der Waals surface area contributed by atoms with Crippen molar-refractivity contribution in [1.82, 2.24) is 0 Å². The first kappa shape index (κ1) is 95.1. The number of rotatable bonds is 76. The van der Waals surface area contributed by atoms with Gasteiger partial charge in [0.05, 0.1) is 26.4 Å².